The highest BCUT2D eigenvalue weighted by Crippen LogP contribution is 2.44. The summed E-state index contributed by atoms with van der Waals surface area (Å²) in [6.45, 7) is 5.91. The molecule has 31 heavy (non-hydrogen) atoms. The molecule has 0 saturated carbocycles. The number of rotatable bonds is 4. The molecule has 160 valence electrons. The molecule has 2 aromatic rings. The molecule has 0 spiro atoms. The summed E-state index contributed by atoms with van der Waals surface area (Å²) in [5.41, 5.74) is 4.74. The number of ether oxygens (including phenoxy) is 1. The quantitative estimate of drug-likeness (QED) is 0.777. The number of aryl methyl sites for hydroxylation is 1. The lowest BCUT2D eigenvalue weighted by molar-refractivity contribution is -0.117. The van der Waals surface area contributed by atoms with Crippen LogP contribution in [-0.2, 0) is 9.59 Å². The SMILES string of the molecule is COc1cccc([C@H]2C(C(=O)Nc3ccc(C)cn3)=C(C)NC3=C2C(=O)C[C@@H](C)C3)c1. The standard InChI is InChI=1S/C25H27N3O3/c1-14-8-9-21(26-13-14)28-25(30)22-16(3)27-19-10-15(2)11-20(29)24(19)23(22)17-6-5-7-18(12-17)31-4/h5-9,12-13,15,23,27H,10-11H2,1-4H3,(H,26,28,30)/t15-,23-/m0/s1. The lowest BCUT2D eigenvalue weighted by Crippen LogP contribution is -2.37. The number of carbonyl (C=O) groups is 2. The number of anilines is 1. The van der Waals surface area contributed by atoms with E-state index in [9.17, 15) is 9.59 Å². The zero-order valence-corrected chi connectivity index (χ0v) is 18.3. The van der Waals surface area contributed by atoms with Crippen LogP contribution in [0.2, 0.25) is 0 Å². The fourth-order valence-electron chi connectivity index (χ4n) is 4.41. The molecule has 2 heterocycles. The zero-order chi connectivity index (χ0) is 22.1. The average Bonchev–Trinajstić information content (AvgIpc) is 2.74. The number of aromatic nitrogens is 1. The lowest BCUT2D eigenvalue weighted by Gasteiger charge is -2.36. The molecule has 0 fully saturated rings. The van der Waals surface area contributed by atoms with Crippen LogP contribution in [0.4, 0.5) is 5.82 Å². The Balaban J connectivity index is 1.79. The molecule has 6 nitrogen and oxygen atoms in total. The van der Waals surface area contributed by atoms with Gasteiger partial charge in [0.05, 0.1) is 7.11 Å². The summed E-state index contributed by atoms with van der Waals surface area (Å²) in [6, 6.07) is 11.3. The number of methoxy groups -OCH3 is 1. The molecule has 2 N–H and O–H groups in total. The van der Waals surface area contributed by atoms with Crippen LogP contribution in [0.3, 0.4) is 0 Å². The van der Waals surface area contributed by atoms with Crippen LogP contribution in [0, 0.1) is 12.8 Å². The molecule has 0 saturated heterocycles. The van der Waals surface area contributed by atoms with Crippen molar-refractivity contribution >= 4 is 17.5 Å². The van der Waals surface area contributed by atoms with Crippen LogP contribution in [0.15, 0.2) is 65.1 Å². The molecule has 1 aliphatic carbocycles. The first-order valence-corrected chi connectivity index (χ1v) is 10.5. The van der Waals surface area contributed by atoms with E-state index in [2.05, 4.69) is 22.5 Å². The van der Waals surface area contributed by atoms with Crippen LogP contribution in [0.5, 0.6) is 5.75 Å². The van der Waals surface area contributed by atoms with Crippen molar-refractivity contribution in [1.82, 2.24) is 10.3 Å². The molecule has 2 atom stereocenters. The van der Waals surface area contributed by atoms with Gasteiger partial charge in [-0.05, 0) is 55.5 Å². The van der Waals surface area contributed by atoms with E-state index in [1.807, 2.05) is 44.2 Å². The number of nitrogens with zero attached hydrogens (tertiary/aromatic N) is 1. The summed E-state index contributed by atoms with van der Waals surface area (Å²) in [7, 11) is 1.61. The molecule has 0 unspecified atom stereocenters. The van der Waals surface area contributed by atoms with Gasteiger partial charge in [-0.2, -0.15) is 0 Å². The number of carbonyl (C=O) groups excluding carboxylic acids is 2. The maximum Gasteiger partial charge on any atom is 0.255 e. The highest BCUT2D eigenvalue weighted by molar-refractivity contribution is 6.09. The minimum atomic E-state index is -0.461. The van der Waals surface area contributed by atoms with Crippen LogP contribution >= 0.6 is 0 Å². The fraction of sp³-hybridized carbons (Fsp3) is 0.320. The first kappa shape index (κ1) is 20.8. The van der Waals surface area contributed by atoms with E-state index in [1.165, 1.54) is 0 Å². The molecule has 0 radical (unpaired) electrons. The van der Waals surface area contributed by atoms with E-state index in [1.54, 1.807) is 19.4 Å². The Hall–Kier alpha value is -3.41. The van der Waals surface area contributed by atoms with Crippen molar-refractivity contribution in [3.8, 4) is 5.75 Å². The molecule has 1 aromatic carbocycles. The minimum absolute atomic E-state index is 0.0836. The molecule has 1 aromatic heterocycles. The van der Waals surface area contributed by atoms with Crippen LogP contribution in [0.1, 0.15) is 43.7 Å². The van der Waals surface area contributed by atoms with Crippen molar-refractivity contribution in [2.75, 3.05) is 12.4 Å². The summed E-state index contributed by atoms with van der Waals surface area (Å²) in [6.07, 6.45) is 2.98. The molecular formula is C25H27N3O3. The van der Waals surface area contributed by atoms with Gasteiger partial charge in [-0.3, -0.25) is 9.59 Å². The van der Waals surface area contributed by atoms with Crippen molar-refractivity contribution in [2.24, 2.45) is 5.92 Å². The second-order valence-electron chi connectivity index (χ2n) is 8.38. The number of hydrogen-bond acceptors (Lipinski definition) is 5. The van der Waals surface area contributed by atoms with Gasteiger partial charge in [-0.25, -0.2) is 4.98 Å². The summed E-state index contributed by atoms with van der Waals surface area (Å²) >= 11 is 0. The zero-order valence-electron chi connectivity index (χ0n) is 18.3. The number of allylic oxidation sites excluding steroid dienone is 3. The van der Waals surface area contributed by atoms with Crippen LogP contribution in [-0.4, -0.2) is 23.8 Å². The van der Waals surface area contributed by atoms with E-state index in [0.717, 1.165) is 28.9 Å². The van der Waals surface area contributed by atoms with Crippen molar-refractivity contribution in [3.63, 3.8) is 0 Å². The third-order valence-corrected chi connectivity index (χ3v) is 5.86. The Morgan fingerprint density at radius 1 is 1.19 bits per heavy atom. The molecule has 4 rings (SSSR count). The predicted molar refractivity (Wildman–Crippen MR) is 120 cm³/mol. The highest BCUT2D eigenvalue weighted by atomic mass is 16.5. The normalized spacial score (nSPS) is 20.8. The summed E-state index contributed by atoms with van der Waals surface area (Å²) < 4.78 is 5.41. The molecular weight excluding hydrogens is 390 g/mol. The van der Waals surface area contributed by atoms with Gasteiger partial charge in [0.1, 0.15) is 11.6 Å². The Labute approximate surface area is 182 Å². The van der Waals surface area contributed by atoms with Gasteiger partial charge in [0.2, 0.25) is 0 Å². The third-order valence-electron chi connectivity index (χ3n) is 5.86. The van der Waals surface area contributed by atoms with Crippen LogP contribution in [0.25, 0.3) is 0 Å². The Bertz CT molecular complexity index is 1100. The van der Waals surface area contributed by atoms with Gasteiger partial charge in [0.25, 0.3) is 5.91 Å². The van der Waals surface area contributed by atoms with Gasteiger partial charge < -0.3 is 15.4 Å². The van der Waals surface area contributed by atoms with Gasteiger partial charge in [-0.1, -0.05) is 25.1 Å². The second-order valence-corrected chi connectivity index (χ2v) is 8.38. The fourth-order valence-corrected chi connectivity index (χ4v) is 4.41. The van der Waals surface area contributed by atoms with Crippen LogP contribution < -0.4 is 15.4 Å². The predicted octanol–water partition coefficient (Wildman–Crippen LogP) is 4.25. The minimum Gasteiger partial charge on any atom is -0.497 e. The van der Waals surface area contributed by atoms with E-state index < -0.39 is 5.92 Å². The van der Waals surface area contributed by atoms with E-state index in [0.29, 0.717) is 29.1 Å². The molecule has 2 aliphatic rings. The van der Waals surface area contributed by atoms with Crippen molar-refractivity contribution in [2.45, 2.75) is 39.5 Å². The number of benzene rings is 1. The Kier molecular flexibility index (Phi) is 5.63. The topological polar surface area (TPSA) is 80.3 Å². The Morgan fingerprint density at radius 3 is 2.71 bits per heavy atom. The smallest absolute Gasteiger partial charge is 0.255 e. The average molecular weight is 418 g/mol. The second kappa shape index (κ2) is 8.38. The first-order chi connectivity index (χ1) is 14.9. The molecule has 1 amide bonds. The van der Waals surface area contributed by atoms with Gasteiger partial charge in [0.15, 0.2) is 5.78 Å². The van der Waals surface area contributed by atoms with Crippen molar-refractivity contribution in [3.05, 3.63) is 76.3 Å². The van der Waals surface area contributed by atoms with Gasteiger partial charge >= 0.3 is 0 Å². The summed E-state index contributed by atoms with van der Waals surface area (Å²) in [5, 5.41) is 6.26. The summed E-state index contributed by atoms with van der Waals surface area (Å²) in [4.78, 5) is 30.9. The van der Waals surface area contributed by atoms with E-state index >= 15 is 0 Å². The number of ketones is 1. The molecule has 6 heteroatoms. The third kappa shape index (κ3) is 4.10. The molecule has 0 bridgehead atoms. The Morgan fingerprint density at radius 2 is 2.00 bits per heavy atom. The highest BCUT2D eigenvalue weighted by Gasteiger charge is 2.40. The first-order valence-electron chi connectivity index (χ1n) is 10.5. The molecule has 1 aliphatic heterocycles. The monoisotopic (exact) mass is 417 g/mol. The summed E-state index contributed by atoms with van der Waals surface area (Å²) in [5.74, 6) is 0.782. The van der Waals surface area contributed by atoms with E-state index in [4.69, 9.17) is 4.74 Å². The number of amides is 1. The van der Waals surface area contributed by atoms with Crippen molar-refractivity contribution < 1.29 is 14.3 Å². The van der Waals surface area contributed by atoms with Gasteiger partial charge in [0, 0.05) is 41.1 Å². The lowest BCUT2D eigenvalue weighted by atomic mass is 9.73. The van der Waals surface area contributed by atoms with Crippen molar-refractivity contribution in [1.29, 1.82) is 0 Å². The number of hydrogen-bond donors (Lipinski definition) is 2. The van der Waals surface area contributed by atoms with Gasteiger partial charge in [-0.15, -0.1) is 0 Å². The largest absolute Gasteiger partial charge is 0.497 e. The number of dihydropyridines is 1. The number of Topliss-reactive ketones (excluding diaryl/α,β-unsaturated/α-hetero) is 1. The number of pyridine rings is 1. The van der Waals surface area contributed by atoms with E-state index in [-0.39, 0.29) is 17.6 Å². The maximum atomic E-state index is 13.4. The maximum absolute atomic E-state index is 13.4. The number of nitrogens with one attached hydrogen (secondary N) is 2.